The first-order valence-corrected chi connectivity index (χ1v) is 6.37. The number of benzene rings is 1. The first-order chi connectivity index (χ1) is 9.93. The highest BCUT2D eigenvalue weighted by molar-refractivity contribution is 6.30. The Morgan fingerprint density at radius 1 is 1.38 bits per heavy atom. The Morgan fingerprint density at radius 2 is 2.00 bits per heavy atom. The molecule has 1 aromatic rings. The molecule has 0 aliphatic heterocycles. The highest BCUT2D eigenvalue weighted by Gasteiger charge is 2.21. The highest BCUT2D eigenvalue weighted by atomic mass is 35.5. The van der Waals surface area contributed by atoms with E-state index in [1.165, 1.54) is 12.1 Å². The number of carbonyl (C=O) groups excluding carboxylic acids is 3. The number of alkyl halides is 1. The van der Waals surface area contributed by atoms with Gasteiger partial charge in [-0.3, -0.25) is 14.4 Å². The third kappa shape index (κ3) is 5.86. The van der Waals surface area contributed by atoms with E-state index in [2.05, 4.69) is 5.32 Å². The van der Waals surface area contributed by atoms with Crippen molar-refractivity contribution in [2.75, 3.05) is 6.54 Å². The Bertz CT molecular complexity index is 511. The molecule has 21 heavy (non-hydrogen) atoms. The van der Waals surface area contributed by atoms with Gasteiger partial charge in [-0.25, -0.2) is 11.3 Å². The van der Waals surface area contributed by atoms with Gasteiger partial charge in [0.1, 0.15) is 5.75 Å². The number of halogens is 2. The molecule has 0 aliphatic carbocycles. The van der Waals surface area contributed by atoms with Crippen LogP contribution in [0.3, 0.4) is 0 Å². The van der Waals surface area contributed by atoms with E-state index in [4.69, 9.17) is 33.8 Å². The number of rotatable bonds is 6. The van der Waals surface area contributed by atoms with E-state index < -0.39 is 17.4 Å². The second-order valence-corrected chi connectivity index (χ2v) is 4.46. The van der Waals surface area contributed by atoms with Crippen molar-refractivity contribution in [2.45, 2.75) is 5.56 Å². The Morgan fingerprint density at radius 3 is 2.57 bits per heavy atom. The van der Waals surface area contributed by atoms with Crippen LogP contribution in [0.1, 0.15) is 0 Å². The molecule has 4 N–H and O–H groups in total. The number of nitrogens with two attached hydrogens (primary N) is 1. The van der Waals surface area contributed by atoms with E-state index in [0.29, 0.717) is 22.3 Å². The van der Waals surface area contributed by atoms with Crippen LogP contribution in [-0.2, 0) is 14.4 Å². The van der Waals surface area contributed by atoms with Gasteiger partial charge in [0.15, 0.2) is 0 Å². The standard InChI is InChI=1S/C11H12Cl2N4O4/c12-7-1-3-8(4-2-7)21-10(13)11(20)16-17(14)9(19)5-15-6-18/h1-4,6,10H,5,14H2,(H,15,18)(H,16,20). The lowest BCUT2D eigenvalue weighted by Crippen LogP contribution is -2.55. The molecule has 114 valence electrons. The van der Waals surface area contributed by atoms with Gasteiger partial charge in [0.25, 0.3) is 17.4 Å². The number of ether oxygens (including phenoxy) is 1. The van der Waals surface area contributed by atoms with Gasteiger partial charge >= 0.3 is 0 Å². The average Bonchev–Trinajstić information content (AvgIpc) is 2.46. The number of nitrogens with zero attached hydrogens (tertiary/aromatic N) is 1. The van der Waals surface area contributed by atoms with Crippen LogP contribution >= 0.6 is 23.2 Å². The van der Waals surface area contributed by atoms with Crippen molar-refractivity contribution in [3.63, 3.8) is 0 Å². The van der Waals surface area contributed by atoms with Crippen LogP contribution < -0.4 is 21.3 Å². The number of hydrogen-bond acceptors (Lipinski definition) is 5. The molecule has 0 fully saturated rings. The zero-order valence-electron chi connectivity index (χ0n) is 10.6. The average molecular weight is 335 g/mol. The van der Waals surface area contributed by atoms with Crippen LogP contribution in [-0.4, -0.2) is 35.5 Å². The molecule has 0 aromatic heterocycles. The largest absolute Gasteiger partial charge is 0.465 e. The quantitative estimate of drug-likeness (QED) is 0.218. The van der Waals surface area contributed by atoms with Crippen molar-refractivity contribution in [1.29, 1.82) is 0 Å². The van der Waals surface area contributed by atoms with Crippen molar-refractivity contribution in [3.05, 3.63) is 29.3 Å². The molecular weight excluding hydrogens is 323 g/mol. The number of hydrazine groups is 2. The molecule has 3 amide bonds. The van der Waals surface area contributed by atoms with Crippen LogP contribution in [0.15, 0.2) is 24.3 Å². The lowest BCUT2D eigenvalue weighted by atomic mass is 10.3. The highest BCUT2D eigenvalue weighted by Crippen LogP contribution is 2.17. The smallest absolute Gasteiger partial charge is 0.296 e. The molecule has 0 saturated carbocycles. The molecule has 1 atom stereocenters. The number of nitrogens with one attached hydrogen (secondary N) is 2. The zero-order valence-corrected chi connectivity index (χ0v) is 12.1. The summed E-state index contributed by atoms with van der Waals surface area (Å²) in [7, 11) is 0. The molecule has 0 radical (unpaired) electrons. The summed E-state index contributed by atoms with van der Waals surface area (Å²) in [5, 5.41) is 3.00. The molecule has 8 nitrogen and oxygen atoms in total. The molecule has 0 bridgehead atoms. The van der Waals surface area contributed by atoms with Crippen molar-refractivity contribution in [3.8, 4) is 5.75 Å². The van der Waals surface area contributed by atoms with E-state index in [1.807, 2.05) is 5.43 Å². The van der Waals surface area contributed by atoms with Crippen molar-refractivity contribution in [2.24, 2.45) is 5.84 Å². The predicted octanol–water partition coefficient (Wildman–Crippen LogP) is -0.237. The SMILES string of the molecule is NN(NC(=O)C(Cl)Oc1ccc(Cl)cc1)C(=O)CNC=O. The third-order valence-corrected chi connectivity index (χ3v) is 2.63. The summed E-state index contributed by atoms with van der Waals surface area (Å²) in [6.07, 6.45) is 0.321. The lowest BCUT2D eigenvalue weighted by molar-refractivity contribution is -0.143. The van der Waals surface area contributed by atoms with Gasteiger partial charge in [-0.05, 0) is 24.3 Å². The van der Waals surface area contributed by atoms with Crippen LogP contribution in [0.2, 0.25) is 5.02 Å². The maximum absolute atomic E-state index is 11.6. The number of amides is 3. The fourth-order valence-corrected chi connectivity index (χ4v) is 1.41. The maximum atomic E-state index is 11.6. The lowest BCUT2D eigenvalue weighted by Gasteiger charge is -2.19. The van der Waals surface area contributed by atoms with Gasteiger partial charge in [-0.1, -0.05) is 23.2 Å². The van der Waals surface area contributed by atoms with Gasteiger partial charge in [0.2, 0.25) is 6.41 Å². The molecule has 1 aromatic carbocycles. The molecule has 0 spiro atoms. The minimum absolute atomic E-state index is 0.312. The number of hydrogen-bond donors (Lipinski definition) is 3. The summed E-state index contributed by atoms with van der Waals surface area (Å²) in [6.45, 7) is -0.370. The molecule has 0 aliphatic rings. The van der Waals surface area contributed by atoms with Crippen molar-refractivity contribution < 1.29 is 19.1 Å². The third-order valence-electron chi connectivity index (χ3n) is 2.10. The van der Waals surface area contributed by atoms with Crippen LogP contribution in [0, 0.1) is 0 Å². The first-order valence-electron chi connectivity index (χ1n) is 5.55. The second kappa shape index (κ2) is 8.30. The van der Waals surface area contributed by atoms with E-state index >= 15 is 0 Å². The summed E-state index contributed by atoms with van der Waals surface area (Å²) in [5.74, 6) is 3.99. The van der Waals surface area contributed by atoms with E-state index in [1.54, 1.807) is 12.1 Å². The summed E-state index contributed by atoms with van der Waals surface area (Å²) in [4.78, 5) is 33.0. The van der Waals surface area contributed by atoms with Gasteiger partial charge in [-0.15, -0.1) is 0 Å². The molecule has 0 heterocycles. The molecule has 0 saturated heterocycles. The Kier molecular flexibility index (Phi) is 6.73. The minimum atomic E-state index is -1.41. The summed E-state index contributed by atoms with van der Waals surface area (Å²) >= 11 is 11.4. The molecular formula is C11H12Cl2N4O4. The van der Waals surface area contributed by atoms with Crippen LogP contribution in [0.25, 0.3) is 0 Å². The normalized spacial score (nSPS) is 11.2. The summed E-state index contributed by atoms with van der Waals surface area (Å²) in [6, 6.07) is 6.15. The van der Waals surface area contributed by atoms with E-state index in [0.717, 1.165) is 0 Å². The van der Waals surface area contributed by atoms with E-state index in [9.17, 15) is 14.4 Å². The fraction of sp³-hybridized carbons (Fsp3) is 0.182. The number of carbonyl (C=O) groups is 3. The molecule has 1 rings (SSSR count). The topological polar surface area (TPSA) is 114 Å². The second-order valence-electron chi connectivity index (χ2n) is 3.63. The van der Waals surface area contributed by atoms with Crippen LogP contribution in [0.4, 0.5) is 0 Å². The van der Waals surface area contributed by atoms with Crippen molar-refractivity contribution in [1.82, 2.24) is 15.9 Å². The monoisotopic (exact) mass is 334 g/mol. The van der Waals surface area contributed by atoms with E-state index in [-0.39, 0.29) is 6.54 Å². The Balaban J connectivity index is 2.48. The fourth-order valence-electron chi connectivity index (χ4n) is 1.13. The van der Waals surface area contributed by atoms with Gasteiger partial charge in [0, 0.05) is 5.02 Å². The zero-order chi connectivity index (χ0) is 15.8. The van der Waals surface area contributed by atoms with Gasteiger partial charge < -0.3 is 10.1 Å². The van der Waals surface area contributed by atoms with Gasteiger partial charge in [0.05, 0.1) is 6.54 Å². The Hall–Kier alpha value is -2.03. The summed E-state index contributed by atoms with van der Waals surface area (Å²) in [5.41, 5.74) is 0.591. The molecule has 1 unspecified atom stereocenters. The van der Waals surface area contributed by atoms with Crippen molar-refractivity contribution >= 4 is 41.4 Å². The first kappa shape index (κ1) is 17.0. The summed E-state index contributed by atoms with van der Waals surface area (Å²) < 4.78 is 5.12. The predicted molar refractivity (Wildman–Crippen MR) is 75.0 cm³/mol. The Labute approximate surface area is 130 Å². The maximum Gasteiger partial charge on any atom is 0.296 e. The minimum Gasteiger partial charge on any atom is -0.465 e. The molecule has 10 heteroatoms. The van der Waals surface area contributed by atoms with Gasteiger partial charge in [-0.2, -0.15) is 5.12 Å². The van der Waals surface area contributed by atoms with Crippen LogP contribution in [0.5, 0.6) is 5.75 Å².